The van der Waals surface area contributed by atoms with Gasteiger partial charge in [0.15, 0.2) is 5.82 Å². The van der Waals surface area contributed by atoms with E-state index in [0.29, 0.717) is 26.3 Å². The van der Waals surface area contributed by atoms with Crippen molar-refractivity contribution in [2.75, 3.05) is 46.0 Å². The van der Waals surface area contributed by atoms with Crippen molar-refractivity contribution in [1.29, 1.82) is 0 Å². The Balaban J connectivity index is 1.40. The summed E-state index contributed by atoms with van der Waals surface area (Å²) in [5.74, 6) is -2.34. The van der Waals surface area contributed by atoms with Crippen molar-refractivity contribution in [3.63, 3.8) is 0 Å². The van der Waals surface area contributed by atoms with Crippen molar-refractivity contribution in [3.05, 3.63) is 34.5 Å². The molecule has 0 atom stereocenters. The van der Waals surface area contributed by atoms with Gasteiger partial charge in [0, 0.05) is 26.2 Å². The third kappa shape index (κ3) is 3.45. The molecule has 3 heterocycles. The topological polar surface area (TPSA) is 74.9 Å². The van der Waals surface area contributed by atoms with Crippen LogP contribution >= 0.6 is 11.6 Å². The van der Waals surface area contributed by atoms with Gasteiger partial charge in [0.25, 0.3) is 5.91 Å². The number of nitrogens with one attached hydrogen (secondary N) is 1. The smallest absolute Gasteiger partial charge is 0.273 e. The Morgan fingerprint density at radius 2 is 1.86 bits per heavy atom. The molecule has 2 fully saturated rings. The number of amides is 2. The van der Waals surface area contributed by atoms with Gasteiger partial charge in [-0.05, 0) is 12.1 Å². The quantitative estimate of drug-likeness (QED) is 0.829. The number of hydrogen-bond donors (Lipinski definition) is 1. The van der Waals surface area contributed by atoms with E-state index >= 15 is 0 Å². The molecule has 0 saturated carbocycles. The highest BCUT2D eigenvalue weighted by Gasteiger charge is 2.29. The number of fused-ring (bicyclic) bond motifs is 1. The fourth-order valence-corrected chi connectivity index (χ4v) is 3.49. The second-order valence-corrected chi connectivity index (χ2v) is 7.12. The van der Waals surface area contributed by atoms with Gasteiger partial charge < -0.3 is 24.3 Å². The van der Waals surface area contributed by atoms with E-state index in [-0.39, 0.29) is 53.3 Å². The van der Waals surface area contributed by atoms with E-state index in [2.05, 4.69) is 4.98 Å². The van der Waals surface area contributed by atoms with Crippen molar-refractivity contribution in [2.45, 2.75) is 6.10 Å². The minimum absolute atomic E-state index is 0.0251. The van der Waals surface area contributed by atoms with Crippen LogP contribution in [0.1, 0.15) is 10.5 Å². The van der Waals surface area contributed by atoms with Crippen LogP contribution in [-0.2, 0) is 14.3 Å². The normalized spacial score (nSPS) is 17.8. The molecule has 150 valence electrons. The number of benzene rings is 1. The van der Waals surface area contributed by atoms with Gasteiger partial charge in [-0.3, -0.25) is 9.59 Å². The first kappa shape index (κ1) is 19.1. The third-order valence-electron chi connectivity index (χ3n) is 4.98. The number of nitrogens with zero attached hydrogens (tertiary/aromatic N) is 2. The van der Waals surface area contributed by atoms with Crippen LogP contribution in [0.5, 0.6) is 0 Å². The van der Waals surface area contributed by atoms with Gasteiger partial charge in [0.1, 0.15) is 24.2 Å². The molecule has 1 aromatic carbocycles. The standard InChI is InChI=1S/C18H18ClF2N3O4/c19-15-11(20)1-2-12-14(15)16(21)17(22-12)18(26)24-5-3-23(4-6-24)13(25)9-28-10-7-27-8-10/h1-2,10,22H,3-9H2. The molecule has 0 aliphatic carbocycles. The van der Waals surface area contributed by atoms with Gasteiger partial charge in [-0.1, -0.05) is 11.6 Å². The highest BCUT2D eigenvalue weighted by atomic mass is 35.5. The van der Waals surface area contributed by atoms with Crippen molar-refractivity contribution in [1.82, 2.24) is 14.8 Å². The fourth-order valence-electron chi connectivity index (χ4n) is 3.24. The second-order valence-electron chi connectivity index (χ2n) is 6.74. The van der Waals surface area contributed by atoms with Gasteiger partial charge in [-0.15, -0.1) is 0 Å². The number of rotatable bonds is 4. The SMILES string of the molecule is O=C(COC1COC1)N1CCN(C(=O)c2[nH]c3ccc(F)c(Cl)c3c2F)CC1. The number of aromatic amines is 1. The lowest BCUT2D eigenvalue weighted by Gasteiger charge is -2.35. The molecule has 28 heavy (non-hydrogen) atoms. The van der Waals surface area contributed by atoms with Gasteiger partial charge in [0.05, 0.1) is 29.1 Å². The molecule has 2 saturated heterocycles. The molecule has 1 aromatic heterocycles. The molecule has 2 amide bonds. The lowest BCUT2D eigenvalue weighted by molar-refractivity contribution is -0.156. The Hall–Kier alpha value is -2.23. The minimum atomic E-state index is -0.876. The summed E-state index contributed by atoms with van der Waals surface area (Å²) in [6.45, 7) is 2.14. The van der Waals surface area contributed by atoms with E-state index in [1.165, 1.54) is 11.0 Å². The molecular formula is C18H18ClF2N3O4. The van der Waals surface area contributed by atoms with Crippen LogP contribution in [0.15, 0.2) is 12.1 Å². The Morgan fingerprint density at radius 3 is 2.50 bits per heavy atom. The van der Waals surface area contributed by atoms with Crippen molar-refractivity contribution >= 4 is 34.3 Å². The number of H-pyrrole nitrogens is 1. The molecule has 0 radical (unpaired) electrons. The Bertz CT molecular complexity index is 923. The number of aromatic nitrogens is 1. The molecule has 1 N–H and O–H groups in total. The molecule has 2 aromatic rings. The van der Waals surface area contributed by atoms with Gasteiger partial charge in [-0.2, -0.15) is 0 Å². The average Bonchev–Trinajstić information content (AvgIpc) is 3.00. The molecule has 2 aliphatic rings. The molecule has 10 heteroatoms. The summed E-state index contributed by atoms with van der Waals surface area (Å²) in [6, 6.07) is 2.44. The van der Waals surface area contributed by atoms with Gasteiger partial charge in [-0.25, -0.2) is 8.78 Å². The van der Waals surface area contributed by atoms with Crippen molar-refractivity contribution in [2.24, 2.45) is 0 Å². The Kier molecular flexibility index (Phi) is 5.22. The average molecular weight is 414 g/mol. The van der Waals surface area contributed by atoms with Crippen LogP contribution in [0, 0.1) is 11.6 Å². The highest BCUT2D eigenvalue weighted by molar-refractivity contribution is 6.35. The summed E-state index contributed by atoms with van der Waals surface area (Å²) < 4.78 is 38.7. The van der Waals surface area contributed by atoms with Crippen molar-refractivity contribution in [3.8, 4) is 0 Å². The van der Waals surface area contributed by atoms with Gasteiger partial charge in [0.2, 0.25) is 5.91 Å². The first-order chi connectivity index (χ1) is 13.5. The molecule has 0 unspecified atom stereocenters. The van der Waals surface area contributed by atoms with E-state index in [1.54, 1.807) is 4.90 Å². The van der Waals surface area contributed by atoms with E-state index in [1.807, 2.05) is 0 Å². The molecule has 7 nitrogen and oxygen atoms in total. The van der Waals surface area contributed by atoms with Gasteiger partial charge >= 0.3 is 0 Å². The lowest BCUT2D eigenvalue weighted by atomic mass is 10.2. The zero-order valence-corrected chi connectivity index (χ0v) is 15.6. The molecule has 0 spiro atoms. The van der Waals surface area contributed by atoms with E-state index < -0.39 is 17.5 Å². The summed E-state index contributed by atoms with van der Waals surface area (Å²) in [5.41, 5.74) is -0.0196. The van der Waals surface area contributed by atoms with Crippen LogP contribution in [0.2, 0.25) is 5.02 Å². The predicted molar refractivity (Wildman–Crippen MR) is 96.3 cm³/mol. The summed E-state index contributed by atoms with van der Waals surface area (Å²) in [5, 5.41) is -0.506. The van der Waals surface area contributed by atoms with Crippen LogP contribution in [-0.4, -0.2) is 78.7 Å². The first-order valence-electron chi connectivity index (χ1n) is 8.87. The minimum Gasteiger partial charge on any atom is -0.376 e. The van der Waals surface area contributed by atoms with Crippen molar-refractivity contribution < 1.29 is 27.8 Å². The molecule has 0 bridgehead atoms. The lowest BCUT2D eigenvalue weighted by Crippen LogP contribution is -2.52. The third-order valence-corrected chi connectivity index (χ3v) is 5.35. The number of piperazine rings is 1. The molecule has 4 rings (SSSR count). The van der Waals surface area contributed by atoms with E-state index in [9.17, 15) is 18.4 Å². The fraction of sp³-hybridized carbons (Fsp3) is 0.444. The Labute approximate surface area is 164 Å². The molecule has 2 aliphatic heterocycles. The number of carbonyl (C=O) groups is 2. The number of hydrogen-bond acceptors (Lipinski definition) is 4. The maximum atomic E-state index is 14.7. The van der Waals surface area contributed by atoms with Crippen LogP contribution < -0.4 is 0 Å². The zero-order chi connectivity index (χ0) is 19.8. The monoisotopic (exact) mass is 413 g/mol. The summed E-state index contributed by atoms with van der Waals surface area (Å²) in [6.07, 6.45) is -0.0338. The maximum absolute atomic E-state index is 14.7. The van der Waals surface area contributed by atoms with Crippen LogP contribution in [0.25, 0.3) is 10.9 Å². The number of ether oxygens (including phenoxy) is 2. The molecular weight excluding hydrogens is 396 g/mol. The first-order valence-corrected chi connectivity index (χ1v) is 9.25. The predicted octanol–water partition coefficient (Wildman–Crippen LogP) is 1.80. The largest absolute Gasteiger partial charge is 0.376 e. The summed E-state index contributed by atoms with van der Waals surface area (Å²) in [7, 11) is 0. The number of halogens is 3. The summed E-state index contributed by atoms with van der Waals surface area (Å²) >= 11 is 5.83. The second kappa shape index (κ2) is 7.65. The number of carbonyl (C=O) groups excluding carboxylic acids is 2. The highest BCUT2D eigenvalue weighted by Crippen LogP contribution is 2.31. The van der Waals surface area contributed by atoms with E-state index in [4.69, 9.17) is 21.1 Å². The van der Waals surface area contributed by atoms with Crippen LogP contribution in [0.3, 0.4) is 0 Å². The van der Waals surface area contributed by atoms with E-state index in [0.717, 1.165) is 6.07 Å². The maximum Gasteiger partial charge on any atom is 0.273 e. The Morgan fingerprint density at radius 1 is 1.18 bits per heavy atom. The van der Waals surface area contributed by atoms with Crippen LogP contribution in [0.4, 0.5) is 8.78 Å². The zero-order valence-electron chi connectivity index (χ0n) is 14.8. The summed E-state index contributed by atoms with van der Waals surface area (Å²) in [4.78, 5) is 30.6.